The second kappa shape index (κ2) is 14.3. The summed E-state index contributed by atoms with van der Waals surface area (Å²) >= 11 is 1.51. The van der Waals surface area contributed by atoms with Gasteiger partial charge in [-0.3, -0.25) is 19.3 Å². The normalized spacial score (nSPS) is 11.3. The maximum Gasteiger partial charge on any atom is 0.260 e. The molecule has 0 saturated carbocycles. The van der Waals surface area contributed by atoms with Gasteiger partial charge in [0, 0.05) is 41.2 Å². The highest BCUT2D eigenvalue weighted by Gasteiger charge is 2.22. The van der Waals surface area contributed by atoms with Crippen LogP contribution in [0, 0.1) is 0 Å². The molecule has 0 aliphatic rings. The third-order valence-corrected chi connectivity index (χ3v) is 5.15. The zero-order valence-electron chi connectivity index (χ0n) is 17.6. The molecule has 6 heteroatoms. The maximum absolute atomic E-state index is 13.0. The number of rotatable bonds is 13. The number of hydrogen-bond acceptors (Lipinski definition) is 5. The second-order valence-electron chi connectivity index (χ2n) is 6.54. The summed E-state index contributed by atoms with van der Waals surface area (Å²) in [5.74, 6) is -0.165. The van der Waals surface area contributed by atoms with Crippen LogP contribution in [0.25, 0.3) is 0 Å². The van der Waals surface area contributed by atoms with Gasteiger partial charge >= 0.3 is 0 Å². The van der Waals surface area contributed by atoms with E-state index in [1.807, 2.05) is 19.1 Å². The first-order valence-electron chi connectivity index (χ1n) is 10.00. The Labute approximate surface area is 182 Å². The standard InChI is InChI=1S/C24H29NO4S/c1-4-7-10-19(9-5-2)18-30-22-15-20(17-27)14-21(16-22)24(29)25(12-6-3)23(28)11-8-13-26/h4,7,9-10,13-17H,1,5-6,8,11-12,18H2,2-3H3/b10-7-,19-9+. The summed E-state index contributed by atoms with van der Waals surface area (Å²) in [5.41, 5.74) is 1.78. The van der Waals surface area contributed by atoms with E-state index in [4.69, 9.17) is 0 Å². The zero-order chi connectivity index (χ0) is 22.4. The van der Waals surface area contributed by atoms with Crippen LogP contribution in [-0.4, -0.2) is 41.6 Å². The Morgan fingerprint density at radius 1 is 1.17 bits per heavy atom. The van der Waals surface area contributed by atoms with Gasteiger partial charge < -0.3 is 4.79 Å². The SMILES string of the molecule is C=C/C=C\C(=C/CC)CSc1cc(C=O)cc(C(=O)N(CCC)C(=O)CCC=O)c1. The third kappa shape index (κ3) is 8.33. The Morgan fingerprint density at radius 2 is 1.93 bits per heavy atom. The molecule has 0 saturated heterocycles. The van der Waals surface area contributed by atoms with Crippen molar-refractivity contribution in [1.29, 1.82) is 0 Å². The molecule has 0 N–H and O–H groups in total. The summed E-state index contributed by atoms with van der Waals surface area (Å²) in [5, 5.41) is 0. The average molecular weight is 428 g/mol. The van der Waals surface area contributed by atoms with Crippen LogP contribution in [0.5, 0.6) is 0 Å². The predicted octanol–water partition coefficient (Wildman–Crippen LogP) is 5.03. The molecule has 1 aromatic carbocycles. The number of nitrogens with zero attached hydrogens (tertiary/aromatic N) is 1. The molecular formula is C24H29NO4S. The van der Waals surface area contributed by atoms with Crippen LogP contribution in [0.1, 0.15) is 60.2 Å². The topological polar surface area (TPSA) is 71.5 Å². The van der Waals surface area contributed by atoms with E-state index in [1.165, 1.54) is 17.8 Å². The fraction of sp³-hybridized carbons (Fsp3) is 0.333. The average Bonchev–Trinajstić information content (AvgIpc) is 2.76. The minimum absolute atomic E-state index is 0.00890. The molecule has 0 aliphatic carbocycles. The van der Waals surface area contributed by atoms with Crippen molar-refractivity contribution in [3.8, 4) is 0 Å². The van der Waals surface area contributed by atoms with Crippen molar-refractivity contribution in [1.82, 2.24) is 4.90 Å². The summed E-state index contributed by atoms with van der Waals surface area (Å²) in [6.07, 6.45) is 10.6. The number of imide groups is 1. The lowest BCUT2D eigenvalue weighted by Crippen LogP contribution is -2.37. The second-order valence-corrected chi connectivity index (χ2v) is 7.58. The van der Waals surface area contributed by atoms with Crippen molar-refractivity contribution in [3.63, 3.8) is 0 Å². The quantitative estimate of drug-likeness (QED) is 0.251. The highest BCUT2D eigenvalue weighted by Crippen LogP contribution is 2.25. The molecule has 0 unspecified atom stereocenters. The lowest BCUT2D eigenvalue weighted by Gasteiger charge is -2.20. The lowest BCUT2D eigenvalue weighted by molar-refractivity contribution is -0.129. The van der Waals surface area contributed by atoms with E-state index < -0.39 is 5.91 Å². The van der Waals surface area contributed by atoms with Gasteiger partial charge in [-0.05, 0) is 36.6 Å². The molecule has 30 heavy (non-hydrogen) atoms. The van der Waals surface area contributed by atoms with Crippen molar-refractivity contribution in [2.45, 2.75) is 44.4 Å². The number of benzene rings is 1. The van der Waals surface area contributed by atoms with E-state index in [1.54, 1.807) is 18.2 Å². The van der Waals surface area contributed by atoms with Crippen LogP contribution in [0.4, 0.5) is 0 Å². The summed E-state index contributed by atoms with van der Waals surface area (Å²) in [7, 11) is 0. The van der Waals surface area contributed by atoms with Crippen LogP contribution in [0.15, 0.2) is 59.6 Å². The van der Waals surface area contributed by atoms with Crippen LogP contribution in [0.3, 0.4) is 0 Å². The Bertz CT molecular complexity index is 826. The number of allylic oxidation sites excluding steroid dienone is 4. The van der Waals surface area contributed by atoms with Crippen molar-refractivity contribution in [2.24, 2.45) is 0 Å². The van der Waals surface area contributed by atoms with E-state index in [-0.39, 0.29) is 30.9 Å². The summed E-state index contributed by atoms with van der Waals surface area (Å²) < 4.78 is 0. The molecule has 0 fully saturated rings. The monoisotopic (exact) mass is 427 g/mol. The highest BCUT2D eigenvalue weighted by atomic mass is 32.2. The van der Waals surface area contributed by atoms with Gasteiger partial charge in [-0.25, -0.2) is 0 Å². The van der Waals surface area contributed by atoms with Crippen molar-refractivity contribution >= 4 is 36.1 Å². The van der Waals surface area contributed by atoms with Crippen molar-refractivity contribution < 1.29 is 19.2 Å². The molecular weight excluding hydrogens is 398 g/mol. The van der Waals surface area contributed by atoms with Gasteiger partial charge in [0.05, 0.1) is 0 Å². The van der Waals surface area contributed by atoms with E-state index in [0.717, 1.165) is 21.8 Å². The van der Waals surface area contributed by atoms with Gasteiger partial charge in [-0.1, -0.05) is 44.7 Å². The first kappa shape index (κ1) is 25.3. The Hall–Kier alpha value is -2.73. The van der Waals surface area contributed by atoms with Gasteiger partial charge in [0.15, 0.2) is 0 Å². The number of carbonyl (C=O) groups is 4. The van der Waals surface area contributed by atoms with Crippen LogP contribution >= 0.6 is 11.8 Å². The van der Waals surface area contributed by atoms with E-state index in [0.29, 0.717) is 30.3 Å². The van der Waals surface area contributed by atoms with E-state index >= 15 is 0 Å². The first-order valence-corrected chi connectivity index (χ1v) is 11.0. The molecule has 0 aromatic heterocycles. The minimum atomic E-state index is -0.450. The van der Waals surface area contributed by atoms with Crippen LogP contribution < -0.4 is 0 Å². The largest absolute Gasteiger partial charge is 0.303 e. The van der Waals surface area contributed by atoms with Crippen LogP contribution in [-0.2, 0) is 9.59 Å². The summed E-state index contributed by atoms with van der Waals surface area (Å²) in [6, 6.07) is 4.93. The highest BCUT2D eigenvalue weighted by molar-refractivity contribution is 7.99. The fourth-order valence-corrected chi connectivity index (χ4v) is 3.71. The van der Waals surface area contributed by atoms with Crippen molar-refractivity contribution in [3.05, 3.63) is 65.8 Å². The first-order chi connectivity index (χ1) is 14.5. The fourth-order valence-electron chi connectivity index (χ4n) is 2.73. The number of aldehydes is 2. The molecule has 0 bridgehead atoms. The molecule has 1 rings (SSSR count). The smallest absolute Gasteiger partial charge is 0.260 e. The van der Waals surface area contributed by atoms with Gasteiger partial charge in [0.2, 0.25) is 5.91 Å². The molecule has 5 nitrogen and oxygen atoms in total. The Kier molecular flexibility index (Phi) is 12.0. The maximum atomic E-state index is 13.0. The molecule has 0 atom stereocenters. The molecule has 1 aromatic rings. The molecule has 160 valence electrons. The Balaban J connectivity index is 3.13. The van der Waals surface area contributed by atoms with E-state index in [9.17, 15) is 19.2 Å². The van der Waals surface area contributed by atoms with Crippen molar-refractivity contribution in [2.75, 3.05) is 12.3 Å². The number of thioether (sulfide) groups is 1. The lowest BCUT2D eigenvalue weighted by atomic mass is 10.1. The zero-order valence-corrected chi connectivity index (χ0v) is 18.5. The third-order valence-electron chi connectivity index (χ3n) is 4.10. The predicted molar refractivity (Wildman–Crippen MR) is 122 cm³/mol. The molecule has 2 amide bonds. The van der Waals surface area contributed by atoms with Gasteiger partial charge in [-0.2, -0.15) is 0 Å². The number of amides is 2. The molecule has 0 spiro atoms. The minimum Gasteiger partial charge on any atom is -0.303 e. The van der Waals surface area contributed by atoms with Gasteiger partial charge in [-0.15, -0.1) is 11.8 Å². The molecule has 0 radical (unpaired) electrons. The van der Waals surface area contributed by atoms with Crippen LogP contribution in [0.2, 0.25) is 0 Å². The number of carbonyl (C=O) groups excluding carboxylic acids is 4. The van der Waals surface area contributed by atoms with Gasteiger partial charge in [0.25, 0.3) is 5.91 Å². The van der Waals surface area contributed by atoms with Gasteiger partial charge in [0.1, 0.15) is 12.6 Å². The summed E-state index contributed by atoms with van der Waals surface area (Å²) in [4.78, 5) is 49.3. The number of hydrogen-bond donors (Lipinski definition) is 0. The molecule has 0 heterocycles. The Morgan fingerprint density at radius 3 is 2.53 bits per heavy atom. The summed E-state index contributed by atoms with van der Waals surface area (Å²) in [6.45, 7) is 7.87. The van der Waals surface area contributed by atoms with E-state index in [2.05, 4.69) is 19.6 Å². The molecule has 0 aliphatic heterocycles.